The Morgan fingerprint density at radius 3 is 0.816 bits per heavy atom. The molecule has 0 bridgehead atoms. The number of aliphatic hydroxyl groups is 2. The van der Waals surface area contributed by atoms with E-state index in [0.717, 1.165) is 38.5 Å². The fourth-order valence-corrected chi connectivity index (χ4v) is 12.9. The van der Waals surface area contributed by atoms with Gasteiger partial charge < -0.3 is 20.3 Å². The van der Waals surface area contributed by atoms with E-state index in [4.69, 9.17) is 4.74 Å². The number of esters is 1. The first kappa shape index (κ1) is 85.3. The van der Waals surface area contributed by atoms with E-state index in [1.54, 1.807) is 6.08 Å². The van der Waals surface area contributed by atoms with Crippen LogP contribution in [0.4, 0.5) is 0 Å². The first-order chi connectivity index (χ1) is 43.0. The van der Waals surface area contributed by atoms with Crippen LogP contribution >= 0.6 is 0 Å². The van der Waals surface area contributed by atoms with Crippen LogP contribution in [0.5, 0.6) is 0 Å². The minimum absolute atomic E-state index is 0.0218. The maximum atomic E-state index is 12.5. The van der Waals surface area contributed by atoms with Gasteiger partial charge in [0.05, 0.1) is 25.4 Å². The van der Waals surface area contributed by atoms with Gasteiger partial charge in [-0.15, -0.1) is 0 Å². The molecule has 0 aromatic carbocycles. The molecule has 0 aliphatic carbocycles. The van der Waals surface area contributed by atoms with Gasteiger partial charge in [-0.05, 0) is 57.8 Å². The van der Waals surface area contributed by atoms with Crippen LogP contribution in [0.2, 0.25) is 0 Å². The normalized spacial score (nSPS) is 12.6. The molecular formula is C81H157NO5. The summed E-state index contributed by atoms with van der Waals surface area (Å²) in [6.45, 7) is 4.95. The van der Waals surface area contributed by atoms with Crippen LogP contribution in [0.15, 0.2) is 24.3 Å². The highest BCUT2D eigenvalue weighted by Gasteiger charge is 2.18. The molecule has 2 atom stereocenters. The number of carbonyl (C=O) groups is 2. The Bertz CT molecular complexity index is 1360. The molecule has 6 nitrogen and oxygen atoms in total. The molecule has 0 aromatic heterocycles. The molecule has 2 unspecified atom stereocenters. The molecule has 0 saturated carbocycles. The van der Waals surface area contributed by atoms with Gasteiger partial charge in [-0.25, -0.2) is 0 Å². The van der Waals surface area contributed by atoms with E-state index in [9.17, 15) is 19.8 Å². The molecule has 0 heterocycles. The van der Waals surface area contributed by atoms with E-state index in [1.807, 2.05) is 6.08 Å². The number of unbranched alkanes of at least 4 members (excludes halogenated alkanes) is 63. The molecule has 0 spiro atoms. The number of allylic oxidation sites excluding steroid dienone is 3. The van der Waals surface area contributed by atoms with Gasteiger partial charge >= 0.3 is 5.97 Å². The third-order valence-corrected chi connectivity index (χ3v) is 19.0. The lowest BCUT2D eigenvalue weighted by Gasteiger charge is -2.20. The Labute approximate surface area is 545 Å². The third-order valence-electron chi connectivity index (χ3n) is 19.0. The molecule has 0 fully saturated rings. The molecule has 0 radical (unpaired) electrons. The van der Waals surface area contributed by atoms with Gasteiger partial charge in [-0.2, -0.15) is 0 Å². The number of nitrogens with one attached hydrogen (secondary N) is 1. The average molecular weight is 1230 g/mol. The number of hydrogen-bond acceptors (Lipinski definition) is 5. The van der Waals surface area contributed by atoms with Crippen molar-refractivity contribution in [3.8, 4) is 0 Å². The standard InChI is InChI=1S/C81H157NO5/c1-3-5-7-9-11-13-15-16-17-18-19-20-38-41-44-47-50-54-57-61-65-69-73-79(84)78(77-83)82-80(85)74-70-66-62-58-55-51-48-45-42-39-36-34-32-30-28-26-24-22-21-23-25-27-29-31-33-35-37-40-43-46-49-52-56-60-64-68-72-76-87-81(86)75-71-67-63-59-53-14-12-10-8-6-4-2/h21,23,69,73,78-79,83-84H,3-20,22,24-68,70-72,74-77H2,1-2H3,(H,82,85)/b23-21-,73-69+. The van der Waals surface area contributed by atoms with E-state index < -0.39 is 12.1 Å². The second-order valence-corrected chi connectivity index (χ2v) is 27.8. The predicted octanol–water partition coefficient (Wildman–Crippen LogP) is 26.4. The fourth-order valence-electron chi connectivity index (χ4n) is 12.9. The number of rotatable bonds is 76. The number of hydrogen-bond donors (Lipinski definition) is 3. The zero-order valence-corrected chi connectivity index (χ0v) is 59.3. The Hall–Kier alpha value is -1.66. The second-order valence-electron chi connectivity index (χ2n) is 27.8. The molecule has 6 heteroatoms. The van der Waals surface area contributed by atoms with Crippen molar-refractivity contribution in [1.82, 2.24) is 5.32 Å². The summed E-state index contributed by atoms with van der Waals surface area (Å²) in [6, 6.07) is -0.626. The van der Waals surface area contributed by atoms with Crippen molar-refractivity contribution in [3.05, 3.63) is 24.3 Å². The van der Waals surface area contributed by atoms with Crippen LogP contribution in [0, 0.1) is 0 Å². The van der Waals surface area contributed by atoms with Gasteiger partial charge in [-0.3, -0.25) is 9.59 Å². The van der Waals surface area contributed by atoms with Crippen LogP contribution in [0.3, 0.4) is 0 Å². The summed E-state index contributed by atoms with van der Waals surface area (Å²) in [6.07, 6.45) is 98.9. The van der Waals surface area contributed by atoms with Crippen LogP contribution in [-0.2, 0) is 14.3 Å². The fraction of sp³-hybridized carbons (Fsp3) is 0.926. The lowest BCUT2D eigenvalue weighted by Crippen LogP contribution is -2.45. The topological polar surface area (TPSA) is 95.9 Å². The largest absolute Gasteiger partial charge is 0.466 e. The van der Waals surface area contributed by atoms with Gasteiger partial charge in [0, 0.05) is 12.8 Å². The van der Waals surface area contributed by atoms with Gasteiger partial charge in [0.1, 0.15) is 0 Å². The van der Waals surface area contributed by atoms with Crippen LogP contribution in [-0.4, -0.2) is 47.4 Å². The minimum atomic E-state index is -0.843. The zero-order chi connectivity index (χ0) is 62.8. The smallest absolute Gasteiger partial charge is 0.305 e. The molecular weight excluding hydrogens is 1070 g/mol. The molecule has 516 valence electrons. The number of aliphatic hydroxyl groups excluding tert-OH is 2. The second kappa shape index (κ2) is 76.8. The average Bonchev–Trinajstić information content (AvgIpc) is 3.52. The molecule has 0 aliphatic rings. The van der Waals surface area contributed by atoms with Crippen molar-refractivity contribution in [2.75, 3.05) is 13.2 Å². The van der Waals surface area contributed by atoms with E-state index in [1.165, 1.54) is 392 Å². The van der Waals surface area contributed by atoms with E-state index in [0.29, 0.717) is 19.4 Å². The summed E-state index contributed by atoms with van der Waals surface area (Å²) in [4.78, 5) is 24.6. The quantitative estimate of drug-likeness (QED) is 0.0320. The van der Waals surface area contributed by atoms with Crippen molar-refractivity contribution < 1.29 is 24.5 Å². The highest BCUT2D eigenvalue weighted by atomic mass is 16.5. The lowest BCUT2D eigenvalue weighted by atomic mass is 10.0. The maximum Gasteiger partial charge on any atom is 0.305 e. The molecule has 87 heavy (non-hydrogen) atoms. The van der Waals surface area contributed by atoms with Crippen LogP contribution < -0.4 is 5.32 Å². The van der Waals surface area contributed by atoms with E-state index >= 15 is 0 Å². The highest BCUT2D eigenvalue weighted by molar-refractivity contribution is 5.76. The lowest BCUT2D eigenvalue weighted by molar-refractivity contribution is -0.143. The van der Waals surface area contributed by atoms with Crippen molar-refractivity contribution in [1.29, 1.82) is 0 Å². The van der Waals surface area contributed by atoms with Gasteiger partial charge in [-0.1, -0.05) is 411 Å². The maximum absolute atomic E-state index is 12.5. The van der Waals surface area contributed by atoms with Gasteiger partial charge in [0.15, 0.2) is 0 Å². The number of amides is 1. The van der Waals surface area contributed by atoms with Crippen molar-refractivity contribution in [2.45, 2.75) is 469 Å². The molecule has 0 aliphatic heterocycles. The summed E-state index contributed by atoms with van der Waals surface area (Å²) >= 11 is 0. The zero-order valence-electron chi connectivity index (χ0n) is 59.3. The first-order valence-electron chi connectivity index (χ1n) is 40.1. The van der Waals surface area contributed by atoms with Crippen molar-refractivity contribution in [2.24, 2.45) is 0 Å². The van der Waals surface area contributed by atoms with Crippen molar-refractivity contribution in [3.63, 3.8) is 0 Å². The Balaban J connectivity index is 3.36. The van der Waals surface area contributed by atoms with Crippen LogP contribution in [0.25, 0.3) is 0 Å². The molecule has 3 N–H and O–H groups in total. The summed E-state index contributed by atoms with van der Waals surface area (Å²) < 4.78 is 5.48. The molecule has 0 rings (SSSR count). The van der Waals surface area contributed by atoms with Crippen LogP contribution in [0.1, 0.15) is 457 Å². The van der Waals surface area contributed by atoms with E-state index in [2.05, 4.69) is 31.3 Å². The molecule has 0 saturated heterocycles. The number of carbonyl (C=O) groups excluding carboxylic acids is 2. The summed E-state index contributed by atoms with van der Waals surface area (Å²) in [7, 11) is 0. The third kappa shape index (κ3) is 73.3. The molecule has 0 aromatic rings. The van der Waals surface area contributed by atoms with Crippen molar-refractivity contribution >= 4 is 11.9 Å². The van der Waals surface area contributed by atoms with Gasteiger partial charge in [0.2, 0.25) is 5.91 Å². The Morgan fingerprint density at radius 1 is 0.310 bits per heavy atom. The summed E-state index contributed by atoms with van der Waals surface area (Å²) in [5, 5.41) is 23.3. The first-order valence-corrected chi connectivity index (χ1v) is 40.1. The minimum Gasteiger partial charge on any atom is -0.466 e. The number of ether oxygens (including phenoxy) is 1. The Kier molecular flexibility index (Phi) is 75.3. The van der Waals surface area contributed by atoms with E-state index in [-0.39, 0.29) is 18.5 Å². The predicted molar refractivity (Wildman–Crippen MR) is 384 cm³/mol. The molecule has 1 amide bonds. The Morgan fingerprint density at radius 2 is 0.540 bits per heavy atom. The summed E-state index contributed by atoms with van der Waals surface area (Å²) in [5.74, 6) is -0.0371. The summed E-state index contributed by atoms with van der Waals surface area (Å²) in [5.41, 5.74) is 0. The highest BCUT2D eigenvalue weighted by Crippen LogP contribution is 2.20. The van der Waals surface area contributed by atoms with Gasteiger partial charge in [0.25, 0.3) is 0 Å². The monoisotopic (exact) mass is 1220 g/mol. The SMILES string of the molecule is CCCCCCCCCCCCCCCCCCCCCC/C=C/C(O)C(CO)NC(=O)CCCCCCCCCCCCCCCCCCC/C=C\CCCCCCCCCCCCCCCCCCOC(=O)CCCCCCCCCCCCC.